The largest absolute Gasteiger partial charge is 0.492 e. The molecule has 1 aliphatic rings. The fraction of sp³-hybridized carbons (Fsp3) is 0.438. The zero-order valence-corrected chi connectivity index (χ0v) is 13.2. The zero-order valence-electron chi connectivity index (χ0n) is 13.2. The van der Waals surface area contributed by atoms with Crippen LogP contribution in [0.3, 0.4) is 0 Å². The van der Waals surface area contributed by atoms with E-state index in [4.69, 9.17) is 9.26 Å². The number of aromatic nitrogens is 1. The molecule has 0 bridgehead atoms. The van der Waals surface area contributed by atoms with Crippen LogP contribution < -0.4 is 4.74 Å². The van der Waals surface area contributed by atoms with Crippen LogP contribution in [-0.4, -0.2) is 41.2 Å². The molecule has 1 fully saturated rings. The van der Waals surface area contributed by atoms with Crippen LogP contribution in [0.4, 0.5) is 5.69 Å². The Bertz CT molecular complexity index is 703. The van der Waals surface area contributed by atoms with Gasteiger partial charge in [-0.25, -0.2) is 0 Å². The van der Waals surface area contributed by atoms with E-state index in [9.17, 15) is 10.1 Å². The molecule has 1 aliphatic heterocycles. The molecule has 23 heavy (non-hydrogen) atoms. The quantitative estimate of drug-likeness (QED) is 0.602. The lowest BCUT2D eigenvalue weighted by atomic mass is 10.0. The first-order valence-electron chi connectivity index (χ1n) is 7.63. The number of likely N-dealkylation sites (tertiary alicyclic amines) is 1. The maximum Gasteiger partial charge on any atom is 0.270 e. The van der Waals surface area contributed by atoms with Crippen LogP contribution in [0.1, 0.15) is 17.9 Å². The number of nitro groups is 1. The number of benzene rings is 1. The molecule has 2 heterocycles. The van der Waals surface area contributed by atoms with E-state index in [-0.39, 0.29) is 5.69 Å². The zero-order chi connectivity index (χ0) is 16.4. The topological polar surface area (TPSA) is 81.6 Å². The van der Waals surface area contributed by atoms with Gasteiger partial charge in [0.2, 0.25) is 0 Å². The lowest BCUT2D eigenvalue weighted by Crippen LogP contribution is -2.39. The van der Waals surface area contributed by atoms with Gasteiger partial charge in [0.1, 0.15) is 18.1 Å². The normalized spacial score (nSPS) is 14.5. The SMILES string of the molecule is Cc1noc(C)c1-c1cc([N+](=O)[O-])ccc1OCCN1CCC1. The number of non-ortho nitro benzene ring substituents is 1. The molecule has 0 spiro atoms. The van der Waals surface area contributed by atoms with Crippen molar-refractivity contribution < 1.29 is 14.2 Å². The van der Waals surface area contributed by atoms with Gasteiger partial charge in [-0.15, -0.1) is 0 Å². The summed E-state index contributed by atoms with van der Waals surface area (Å²) in [6.07, 6.45) is 1.24. The number of nitrogens with zero attached hydrogens (tertiary/aromatic N) is 3. The van der Waals surface area contributed by atoms with Crippen molar-refractivity contribution >= 4 is 5.69 Å². The molecule has 1 saturated heterocycles. The maximum atomic E-state index is 11.1. The predicted molar refractivity (Wildman–Crippen MR) is 84.6 cm³/mol. The molecule has 122 valence electrons. The fourth-order valence-electron chi connectivity index (χ4n) is 2.71. The van der Waals surface area contributed by atoms with Gasteiger partial charge in [-0.05, 0) is 39.4 Å². The molecule has 7 nitrogen and oxygen atoms in total. The van der Waals surface area contributed by atoms with Gasteiger partial charge < -0.3 is 9.26 Å². The summed E-state index contributed by atoms with van der Waals surface area (Å²) in [4.78, 5) is 13.0. The molecule has 0 aliphatic carbocycles. The van der Waals surface area contributed by atoms with Crippen LogP contribution in [-0.2, 0) is 0 Å². The second-order valence-electron chi connectivity index (χ2n) is 5.68. The molecule has 0 radical (unpaired) electrons. The highest BCUT2D eigenvalue weighted by Crippen LogP contribution is 2.37. The third-order valence-corrected chi connectivity index (χ3v) is 4.09. The Labute approximate surface area is 134 Å². The van der Waals surface area contributed by atoms with Crippen LogP contribution in [0.15, 0.2) is 22.7 Å². The average molecular weight is 317 g/mol. The van der Waals surface area contributed by atoms with Crippen molar-refractivity contribution in [2.24, 2.45) is 0 Å². The van der Waals surface area contributed by atoms with Crippen molar-refractivity contribution in [2.75, 3.05) is 26.2 Å². The van der Waals surface area contributed by atoms with Gasteiger partial charge in [0.05, 0.1) is 16.2 Å². The summed E-state index contributed by atoms with van der Waals surface area (Å²) in [5.41, 5.74) is 2.12. The standard InChI is InChI=1S/C16H19N3O4/c1-11-16(12(2)23-17-11)14-10-13(19(20)21)4-5-15(14)22-9-8-18-6-3-7-18/h4-5,10H,3,6-9H2,1-2H3. The molecule has 0 amide bonds. The summed E-state index contributed by atoms with van der Waals surface area (Å²) in [5, 5.41) is 15.0. The number of hydrogen-bond acceptors (Lipinski definition) is 6. The van der Waals surface area contributed by atoms with E-state index in [1.807, 2.05) is 6.92 Å². The molecule has 1 aromatic heterocycles. The van der Waals surface area contributed by atoms with Gasteiger partial charge in [-0.2, -0.15) is 0 Å². The summed E-state index contributed by atoms with van der Waals surface area (Å²) in [6.45, 7) is 7.24. The number of nitro benzene ring substituents is 1. The molecule has 0 atom stereocenters. The lowest BCUT2D eigenvalue weighted by molar-refractivity contribution is -0.384. The minimum atomic E-state index is -0.411. The van der Waals surface area contributed by atoms with Crippen LogP contribution >= 0.6 is 0 Å². The Balaban J connectivity index is 1.89. The van der Waals surface area contributed by atoms with E-state index in [0.717, 1.165) is 25.2 Å². The Morgan fingerprint density at radius 1 is 1.39 bits per heavy atom. The fourth-order valence-corrected chi connectivity index (χ4v) is 2.71. The van der Waals surface area contributed by atoms with E-state index < -0.39 is 4.92 Å². The summed E-state index contributed by atoms with van der Waals surface area (Å²) >= 11 is 0. The van der Waals surface area contributed by atoms with Gasteiger partial charge in [0.25, 0.3) is 5.69 Å². The first-order valence-corrected chi connectivity index (χ1v) is 7.63. The van der Waals surface area contributed by atoms with Crippen LogP contribution in [0.2, 0.25) is 0 Å². The molecular weight excluding hydrogens is 298 g/mol. The summed E-state index contributed by atoms with van der Waals surface area (Å²) in [7, 11) is 0. The van der Waals surface area contributed by atoms with Gasteiger partial charge in [-0.1, -0.05) is 5.16 Å². The third-order valence-electron chi connectivity index (χ3n) is 4.09. The first-order chi connectivity index (χ1) is 11.1. The highest BCUT2D eigenvalue weighted by Gasteiger charge is 2.20. The second kappa shape index (κ2) is 6.37. The van der Waals surface area contributed by atoms with Crippen molar-refractivity contribution in [3.63, 3.8) is 0 Å². The third kappa shape index (κ3) is 3.19. The molecule has 0 saturated carbocycles. The molecule has 7 heteroatoms. The van der Waals surface area contributed by atoms with Crippen molar-refractivity contribution in [3.05, 3.63) is 39.8 Å². The van der Waals surface area contributed by atoms with Crippen LogP contribution in [0, 0.1) is 24.0 Å². The van der Waals surface area contributed by atoms with Gasteiger partial charge in [0.15, 0.2) is 0 Å². The Morgan fingerprint density at radius 2 is 2.17 bits per heavy atom. The van der Waals surface area contributed by atoms with Crippen molar-refractivity contribution in [1.82, 2.24) is 10.1 Å². The summed E-state index contributed by atoms with van der Waals surface area (Å²) in [5.74, 6) is 1.24. The number of aryl methyl sites for hydroxylation is 2. The molecule has 1 aromatic carbocycles. The summed E-state index contributed by atoms with van der Waals surface area (Å²) < 4.78 is 11.1. The number of ether oxygens (including phenoxy) is 1. The minimum Gasteiger partial charge on any atom is -0.492 e. The van der Waals surface area contributed by atoms with Gasteiger partial charge in [-0.3, -0.25) is 15.0 Å². The molecule has 3 rings (SSSR count). The van der Waals surface area contributed by atoms with Crippen molar-refractivity contribution in [3.8, 4) is 16.9 Å². The highest BCUT2D eigenvalue weighted by atomic mass is 16.6. The van der Waals surface area contributed by atoms with E-state index in [1.165, 1.54) is 18.6 Å². The van der Waals surface area contributed by atoms with E-state index in [0.29, 0.717) is 29.4 Å². The van der Waals surface area contributed by atoms with Crippen molar-refractivity contribution in [2.45, 2.75) is 20.3 Å². The first kappa shape index (κ1) is 15.5. The molecule has 0 unspecified atom stereocenters. The Hall–Kier alpha value is -2.41. The van der Waals surface area contributed by atoms with Crippen LogP contribution in [0.5, 0.6) is 5.75 Å². The Kier molecular flexibility index (Phi) is 4.29. The average Bonchev–Trinajstić information content (AvgIpc) is 2.81. The highest BCUT2D eigenvalue weighted by molar-refractivity contribution is 5.75. The van der Waals surface area contributed by atoms with E-state index in [2.05, 4.69) is 10.1 Å². The minimum absolute atomic E-state index is 0.0232. The maximum absolute atomic E-state index is 11.1. The number of rotatable bonds is 6. The van der Waals surface area contributed by atoms with Crippen LogP contribution in [0.25, 0.3) is 11.1 Å². The van der Waals surface area contributed by atoms with Gasteiger partial charge >= 0.3 is 0 Å². The Morgan fingerprint density at radius 3 is 2.74 bits per heavy atom. The predicted octanol–water partition coefficient (Wildman–Crippen LogP) is 2.95. The van der Waals surface area contributed by atoms with E-state index in [1.54, 1.807) is 13.0 Å². The second-order valence-corrected chi connectivity index (χ2v) is 5.68. The summed E-state index contributed by atoms with van der Waals surface area (Å²) in [6, 6.07) is 4.63. The van der Waals surface area contributed by atoms with Crippen molar-refractivity contribution in [1.29, 1.82) is 0 Å². The number of hydrogen-bond donors (Lipinski definition) is 0. The lowest BCUT2D eigenvalue weighted by Gasteiger charge is -2.30. The smallest absolute Gasteiger partial charge is 0.270 e. The molecular formula is C16H19N3O4. The van der Waals surface area contributed by atoms with Gasteiger partial charge in [0, 0.05) is 24.2 Å². The molecule has 0 N–H and O–H groups in total. The van der Waals surface area contributed by atoms with E-state index >= 15 is 0 Å². The monoisotopic (exact) mass is 317 g/mol. The molecule has 2 aromatic rings.